The SMILES string of the molecule is CC=[N+](C(=O)CCC(F)(OC(F)(F)F)C(F)(F)F)c1cn(C2=C[N-]CC=C2)nc1C. The van der Waals surface area contributed by atoms with E-state index in [-0.39, 0.29) is 5.69 Å². The van der Waals surface area contributed by atoms with Crippen molar-refractivity contribution in [3.8, 4) is 0 Å². The molecular formula is C17H17F7N4O2. The molecule has 0 radical (unpaired) electrons. The first kappa shape index (κ1) is 23.6. The second-order valence-corrected chi connectivity index (χ2v) is 6.16. The first-order valence-electron chi connectivity index (χ1n) is 8.51. The smallest absolute Gasteiger partial charge is 0.525 e. The van der Waals surface area contributed by atoms with Gasteiger partial charge in [-0.3, -0.25) is 0 Å². The second kappa shape index (κ2) is 8.58. The molecule has 30 heavy (non-hydrogen) atoms. The van der Waals surface area contributed by atoms with E-state index in [4.69, 9.17) is 0 Å². The van der Waals surface area contributed by atoms with Crippen molar-refractivity contribution in [2.24, 2.45) is 0 Å². The third-order valence-electron chi connectivity index (χ3n) is 4.01. The molecule has 2 heterocycles. The predicted octanol–water partition coefficient (Wildman–Crippen LogP) is 4.74. The fourth-order valence-electron chi connectivity index (χ4n) is 2.62. The van der Waals surface area contributed by atoms with Gasteiger partial charge in [0, 0.05) is 19.0 Å². The van der Waals surface area contributed by atoms with Gasteiger partial charge in [-0.25, -0.2) is 18.6 Å². The number of hydrogen-bond donors (Lipinski definition) is 0. The number of carbonyl (C=O) groups excluding carboxylic acids is 1. The molecule has 0 saturated heterocycles. The Morgan fingerprint density at radius 3 is 2.47 bits per heavy atom. The molecule has 0 bridgehead atoms. The van der Waals surface area contributed by atoms with E-state index in [0.717, 1.165) is 4.58 Å². The molecule has 1 unspecified atom stereocenters. The standard InChI is InChI=1S/C17H17F7N4O2/c1-3-27(13-10-28(26-11(13)2)12-5-4-8-25-9-12)14(29)6-7-15(18,16(19,20)21)30-17(22,23)24/h3-5,9-10H,6-8H2,1-2H3. The molecule has 0 spiro atoms. The highest BCUT2D eigenvalue weighted by molar-refractivity contribution is 5.75. The summed E-state index contributed by atoms with van der Waals surface area (Å²) in [4.78, 5) is 12.4. The van der Waals surface area contributed by atoms with Gasteiger partial charge in [0.15, 0.2) is 6.21 Å². The maximum absolute atomic E-state index is 14.0. The van der Waals surface area contributed by atoms with Crippen molar-refractivity contribution in [2.75, 3.05) is 6.54 Å². The van der Waals surface area contributed by atoms with Crippen LogP contribution in [0.15, 0.2) is 24.5 Å². The molecule has 13 heteroatoms. The van der Waals surface area contributed by atoms with E-state index in [0.29, 0.717) is 17.9 Å². The molecular weight excluding hydrogens is 425 g/mol. The van der Waals surface area contributed by atoms with Gasteiger partial charge in [-0.05, 0) is 13.0 Å². The zero-order valence-electron chi connectivity index (χ0n) is 15.8. The van der Waals surface area contributed by atoms with Gasteiger partial charge in [0.1, 0.15) is 11.9 Å². The van der Waals surface area contributed by atoms with Crippen LogP contribution in [0.5, 0.6) is 0 Å². The Bertz CT molecular complexity index is 884. The molecule has 0 saturated carbocycles. The Labute approximate surface area is 166 Å². The number of carbonyl (C=O) groups is 1. The summed E-state index contributed by atoms with van der Waals surface area (Å²) in [5.74, 6) is -6.13. The highest BCUT2D eigenvalue weighted by Crippen LogP contribution is 2.42. The number of allylic oxidation sites excluding steroid dienone is 2. The fraction of sp³-hybridized carbons (Fsp3) is 0.471. The molecule has 0 aliphatic carbocycles. The molecule has 1 aliphatic heterocycles. The average molecular weight is 442 g/mol. The monoisotopic (exact) mass is 442 g/mol. The Balaban J connectivity index is 2.22. The van der Waals surface area contributed by atoms with Gasteiger partial charge in [0.25, 0.3) is 5.69 Å². The molecule has 1 aliphatic rings. The minimum atomic E-state index is -5.99. The van der Waals surface area contributed by atoms with Gasteiger partial charge in [0.2, 0.25) is 0 Å². The number of alkyl halides is 7. The lowest BCUT2D eigenvalue weighted by atomic mass is 10.1. The number of halogens is 7. The maximum atomic E-state index is 14.0. The largest absolute Gasteiger partial charge is 0.686 e. The molecule has 1 amide bonds. The summed E-state index contributed by atoms with van der Waals surface area (Å²) in [7, 11) is 0. The molecule has 1 aromatic rings. The molecule has 1 atom stereocenters. The zero-order valence-corrected chi connectivity index (χ0v) is 15.8. The maximum Gasteiger partial charge on any atom is 0.525 e. The molecule has 0 N–H and O–H groups in total. The van der Waals surface area contributed by atoms with Crippen molar-refractivity contribution in [3.63, 3.8) is 0 Å². The molecule has 0 fully saturated rings. The van der Waals surface area contributed by atoms with Crippen LogP contribution in [-0.4, -0.2) is 51.4 Å². The lowest BCUT2D eigenvalue weighted by molar-refractivity contribution is -0.450. The minimum Gasteiger partial charge on any atom is -0.686 e. The summed E-state index contributed by atoms with van der Waals surface area (Å²) < 4.78 is 94.0. The normalized spacial score (nSPS) is 17.4. The van der Waals surface area contributed by atoms with E-state index < -0.39 is 37.1 Å². The van der Waals surface area contributed by atoms with Crippen LogP contribution in [0.25, 0.3) is 11.0 Å². The third kappa shape index (κ3) is 5.46. The third-order valence-corrected chi connectivity index (χ3v) is 4.01. The molecule has 0 aromatic carbocycles. The van der Waals surface area contributed by atoms with E-state index in [1.54, 1.807) is 12.2 Å². The fourth-order valence-corrected chi connectivity index (χ4v) is 2.62. The first-order valence-corrected chi connectivity index (χ1v) is 8.51. The summed E-state index contributed by atoms with van der Waals surface area (Å²) in [6.45, 7) is 3.37. The molecule has 166 valence electrons. The number of aryl methyl sites for hydroxylation is 1. The van der Waals surface area contributed by atoms with Crippen molar-refractivity contribution >= 4 is 23.5 Å². The zero-order chi connectivity index (χ0) is 22.7. The van der Waals surface area contributed by atoms with Crippen molar-refractivity contribution in [1.82, 2.24) is 9.78 Å². The quantitative estimate of drug-likeness (QED) is 0.363. The van der Waals surface area contributed by atoms with Crippen molar-refractivity contribution in [2.45, 2.75) is 45.1 Å². The number of amides is 1. The predicted molar refractivity (Wildman–Crippen MR) is 91.5 cm³/mol. The average Bonchev–Trinajstić information content (AvgIpc) is 3.01. The van der Waals surface area contributed by atoms with Crippen molar-refractivity contribution < 1.29 is 44.8 Å². The Morgan fingerprint density at radius 2 is 1.97 bits per heavy atom. The lowest BCUT2D eigenvalue weighted by Gasteiger charge is -2.27. The number of nitrogens with zero attached hydrogens (tertiary/aromatic N) is 4. The van der Waals surface area contributed by atoms with Gasteiger partial charge in [-0.15, -0.1) is 30.4 Å². The van der Waals surface area contributed by atoms with E-state index in [2.05, 4.69) is 15.2 Å². The van der Waals surface area contributed by atoms with Crippen LogP contribution >= 0.6 is 0 Å². The van der Waals surface area contributed by atoms with Crippen LogP contribution < -0.4 is 0 Å². The molecule has 1 aromatic heterocycles. The highest BCUT2D eigenvalue weighted by Gasteiger charge is 2.62. The minimum absolute atomic E-state index is 0.163. The number of rotatable bonds is 6. The Kier molecular flexibility index (Phi) is 6.74. The van der Waals surface area contributed by atoms with Crippen LogP contribution in [0.2, 0.25) is 0 Å². The van der Waals surface area contributed by atoms with Crippen LogP contribution in [-0.2, 0) is 9.53 Å². The summed E-state index contributed by atoms with van der Waals surface area (Å²) >= 11 is 0. The summed E-state index contributed by atoms with van der Waals surface area (Å²) in [6, 6.07) is 0. The van der Waals surface area contributed by atoms with Gasteiger partial charge in [0.05, 0.1) is 6.42 Å². The van der Waals surface area contributed by atoms with Gasteiger partial charge >= 0.3 is 24.3 Å². The van der Waals surface area contributed by atoms with E-state index in [1.165, 1.54) is 37.1 Å². The van der Waals surface area contributed by atoms with Gasteiger partial charge < -0.3 is 5.32 Å². The van der Waals surface area contributed by atoms with Crippen LogP contribution in [0.3, 0.4) is 0 Å². The first-order chi connectivity index (χ1) is 13.8. The van der Waals surface area contributed by atoms with E-state index in [9.17, 15) is 35.5 Å². The van der Waals surface area contributed by atoms with Crippen LogP contribution in [0, 0.1) is 6.92 Å². The van der Waals surface area contributed by atoms with Crippen LogP contribution in [0.1, 0.15) is 25.5 Å². The summed E-state index contributed by atoms with van der Waals surface area (Å²) in [6.07, 6.45) is -7.40. The van der Waals surface area contributed by atoms with Crippen molar-refractivity contribution in [3.05, 3.63) is 35.6 Å². The van der Waals surface area contributed by atoms with E-state index >= 15 is 0 Å². The van der Waals surface area contributed by atoms with Gasteiger partial charge in [-0.2, -0.15) is 24.5 Å². The van der Waals surface area contributed by atoms with E-state index in [1.807, 2.05) is 0 Å². The lowest BCUT2D eigenvalue weighted by Crippen LogP contribution is -2.47. The molecule has 2 rings (SSSR count). The summed E-state index contributed by atoms with van der Waals surface area (Å²) in [5.41, 5.74) is 1.02. The number of ether oxygens (including phenoxy) is 1. The van der Waals surface area contributed by atoms with Gasteiger partial charge in [-0.1, -0.05) is 0 Å². The second-order valence-electron chi connectivity index (χ2n) is 6.16. The molecule has 6 nitrogen and oxygen atoms in total. The number of aromatic nitrogens is 2. The van der Waals surface area contributed by atoms with Crippen molar-refractivity contribution in [1.29, 1.82) is 0 Å². The summed E-state index contributed by atoms with van der Waals surface area (Å²) in [5, 5.41) is 8.21. The highest BCUT2D eigenvalue weighted by atomic mass is 19.4. The Hall–Kier alpha value is -2.70. The van der Waals surface area contributed by atoms with Crippen LogP contribution in [0.4, 0.5) is 36.4 Å². The topological polar surface area (TPSA) is 61.2 Å². The Morgan fingerprint density at radius 1 is 1.30 bits per heavy atom. The number of hydrogen-bond acceptors (Lipinski definition) is 3.